The van der Waals surface area contributed by atoms with Gasteiger partial charge in [-0.25, -0.2) is 14.4 Å². The van der Waals surface area contributed by atoms with Gasteiger partial charge in [-0.05, 0) is 12.8 Å². The number of amides is 1. The molecule has 8 heteroatoms. The van der Waals surface area contributed by atoms with Gasteiger partial charge < -0.3 is 15.7 Å². The molecule has 7 nitrogen and oxygen atoms in total. The summed E-state index contributed by atoms with van der Waals surface area (Å²) in [5.41, 5.74) is 4.56. The van der Waals surface area contributed by atoms with Crippen LogP contribution < -0.4 is 10.6 Å². The van der Waals surface area contributed by atoms with Gasteiger partial charge in [-0.3, -0.25) is 9.59 Å². The SMILES string of the molecule is NC(=O)c1ncnc(N2CCC(C(=O)O)CC2)c1F. The molecule has 2 heterocycles. The molecule has 19 heavy (non-hydrogen) atoms. The molecule has 1 aromatic rings. The lowest BCUT2D eigenvalue weighted by molar-refractivity contribution is -0.142. The second kappa shape index (κ2) is 5.17. The lowest BCUT2D eigenvalue weighted by atomic mass is 9.97. The number of nitrogens with zero attached hydrogens (tertiary/aromatic N) is 3. The standard InChI is InChI=1S/C11H13FN4O3/c12-7-8(9(13)17)14-5-15-10(7)16-3-1-6(2-4-16)11(18)19/h5-6H,1-4H2,(H2,13,17)(H,18,19). The maximum absolute atomic E-state index is 14.0. The summed E-state index contributed by atoms with van der Waals surface area (Å²) < 4.78 is 14.0. The van der Waals surface area contributed by atoms with Crippen LogP contribution in [0.1, 0.15) is 23.3 Å². The molecule has 2 rings (SSSR count). The van der Waals surface area contributed by atoms with Gasteiger partial charge in [0.25, 0.3) is 5.91 Å². The van der Waals surface area contributed by atoms with Gasteiger partial charge in [0, 0.05) is 13.1 Å². The lowest BCUT2D eigenvalue weighted by Crippen LogP contribution is -2.37. The Balaban J connectivity index is 2.18. The van der Waals surface area contributed by atoms with E-state index in [9.17, 15) is 14.0 Å². The molecule has 0 atom stereocenters. The van der Waals surface area contributed by atoms with Crippen LogP contribution in [0.2, 0.25) is 0 Å². The Morgan fingerprint density at radius 3 is 2.53 bits per heavy atom. The van der Waals surface area contributed by atoms with Crippen molar-refractivity contribution in [1.29, 1.82) is 0 Å². The number of hydrogen-bond donors (Lipinski definition) is 2. The zero-order valence-electron chi connectivity index (χ0n) is 10.0. The average molecular weight is 268 g/mol. The van der Waals surface area contributed by atoms with E-state index in [1.54, 1.807) is 4.90 Å². The molecule has 1 aliphatic heterocycles. The Hall–Kier alpha value is -2.25. The normalized spacial score (nSPS) is 16.4. The number of carbonyl (C=O) groups excluding carboxylic acids is 1. The molecule has 0 saturated carbocycles. The number of carboxylic acids is 1. The highest BCUT2D eigenvalue weighted by Gasteiger charge is 2.27. The van der Waals surface area contributed by atoms with E-state index in [1.165, 1.54) is 0 Å². The van der Waals surface area contributed by atoms with Crippen LogP contribution in [0.5, 0.6) is 0 Å². The van der Waals surface area contributed by atoms with Crippen LogP contribution in [0.4, 0.5) is 10.2 Å². The number of aromatic nitrogens is 2. The maximum Gasteiger partial charge on any atom is 0.306 e. The number of nitrogens with two attached hydrogens (primary N) is 1. The van der Waals surface area contributed by atoms with Crippen molar-refractivity contribution in [3.63, 3.8) is 0 Å². The molecule has 1 saturated heterocycles. The van der Waals surface area contributed by atoms with Crippen LogP contribution in [0, 0.1) is 11.7 Å². The molecule has 0 unspecified atom stereocenters. The molecule has 1 fully saturated rings. The van der Waals surface area contributed by atoms with Crippen molar-refractivity contribution in [2.45, 2.75) is 12.8 Å². The molecule has 102 valence electrons. The Morgan fingerprint density at radius 2 is 2.00 bits per heavy atom. The summed E-state index contributed by atoms with van der Waals surface area (Å²) >= 11 is 0. The van der Waals surface area contributed by atoms with Crippen molar-refractivity contribution in [2.24, 2.45) is 11.7 Å². The molecular weight excluding hydrogens is 255 g/mol. The third-order valence-electron chi connectivity index (χ3n) is 3.15. The first kappa shape index (κ1) is 13.2. The van der Waals surface area contributed by atoms with Gasteiger partial charge in [-0.1, -0.05) is 0 Å². The average Bonchev–Trinajstić information content (AvgIpc) is 2.38. The summed E-state index contributed by atoms with van der Waals surface area (Å²) in [5.74, 6) is -3.09. The van der Waals surface area contributed by atoms with Gasteiger partial charge in [0.2, 0.25) is 0 Å². The van der Waals surface area contributed by atoms with E-state index in [-0.39, 0.29) is 5.82 Å². The number of halogens is 1. The highest BCUT2D eigenvalue weighted by molar-refractivity contribution is 5.91. The summed E-state index contributed by atoms with van der Waals surface area (Å²) in [6.45, 7) is 0.728. The van der Waals surface area contributed by atoms with E-state index in [0.29, 0.717) is 25.9 Å². The number of carboxylic acid groups (broad SMARTS) is 1. The van der Waals surface area contributed by atoms with Gasteiger partial charge in [0.15, 0.2) is 17.3 Å². The molecule has 1 aromatic heterocycles. The summed E-state index contributed by atoms with van der Waals surface area (Å²) in [6, 6.07) is 0. The molecule has 0 aromatic carbocycles. The van der Waals surface area contributed by atoms with Crippen molar-refractivity contribution < 1.29 is 19.1 Å². The number of piperidine rings is 1. The van der Waals surface area contributed by atoms with Crippen LogP contribution >= 0.6 is 0 Å². The first-order valence-corrected chi connectivity index (χ1v) is 5.78. The van der Waals surface area contributed by atoms with Crippen LogP contribution in [0.25, 0.3) is 0 Å². The van der Waals surface area contributed by atoms with Gasteiger partial charge in [0.1, 0.15) is 6.33 Å². The monoisotopic (exact) mass is 268 g/mol. The summed E-state index contributed by atoms with van der Waals surface area (Å²) in [5, 5.41) is 8.89. The molecule has 0 bridgehead atoms. The second-order valence-corrected chi connectivity index (χ2v) is 4.32. The minimum absolute atomic E-state index is 0.00682. The zero-order valence-corrected chi connectivity index (χ0v) is 10.0. The highest BCUT2D eigenvalue weighted by atomic mass is 19.1. The predicted molar refractivity (Wildman–Crippen MR) is 63.1 cm³/mol. The summed E-state index contributed by atoms with van der Waals surface area (Å²) in [6.07, 6.45) is 1.89. The smallest absolute Gasteiger partial charge is 0.306 e. The molecule has 1 amide bonds. The maximum atomic E-state index is 14.0. The number of aliphatic carboxylic acids is 1. The first-order valence-electron chi connectivity index (χ1n) is 5.78. The fourth-order valence-corrected chi connectivity index (χ4v) is 2.09. The van der Waals surface area contributed by atoms with Gasteiger partial charge in [-0.15, -0.1) is 0 Å². The van der Waals surface area contributed by atoms with Crippen molar-refractivity contribution in [3.05, 3.63) is 17.8 Å². The van der Waals surface area contributed by atoms with Crippen LogP contribution in [-0.2, 0) is 4.79 Å². The third kappa shape index (κ3) is 2.61. The van der Waals surface area contributed by atoms with Crippen molar-refractivity contribution in [2.75, 3.05) is 18.0 Å². The highest BCUT2D eigenvalue weighted by Crippen LogP contribution is 2.24. The van der Waals surface area contributed by atoms with Crippen molar-refractivity contribution in [3.8, 4) is 0 Å². The van der Waals surface area contributed by atoms with E-state index in [0.717, 1.165) is 6.33 Å². The van der Waals surface area contributed by atoms with E-state index in [1.807, 2.05) is 0 Å². The van der Waals surface area contributed by atoms with E-state index < -0.39 is 29.3 Å². The largest absolute Gasteiger partial charge is 0.481 e. The van der Waals surface area contributed by atoms with Crippen LogP contribution in [0.3, 0.4) is 0 Å². The molecule has 0 radical (unpaired) electrons. The molecule has 3 N–H and O–H groups in total. The zero-order chi connectivity index (χ0) is 14.0. The minimum Gasteiger partial charge on any atom is -0.481 e. The Morgan fingerprint density at radius 1 is 1.37 bits per heavy atom. The van der Waals surface area contributed by atoms with Gasteiger partial charge in [-0.2, -0.15) is 0 Å². The first-order chi connectivity index (χ1) is 9.00. The fraction of sp³-hybridized carbons (Fsp3) is 0.455. The van der Waals surface area contributed by atoms with Crippen LogP contribution in [0.15, 0.2) is 6.33 Å². The third-order valence-corrected chi connectivity index (χ3v) is 3.15. The molecular formula is C11H13FN4O3. The number of carbonyl (C=O) groups is 2. The Bertz CT molecular complexity index is 515. The molecule has 0 spiro atoms. The van der Waals surface area contributed by atoms with E-state index >= 15 is 0 Å². The Labute approximate surface area is 108 Å². The number of anilines is 1. The lowest BCUT2D eigenvalue weighted by Gasteiger charge is -2.31. The number of rotatable bonds is 3. The second-order valence-electron chi connectivity index (χ2n) is 4.32. The molecule has 1 aliphatic rings. The summed E-state index contributed by atoms with van der Waals surface area (Å²) in [7, 11) is 0. The quantitative estimate of drug-likeness (QED) is 0.799. The van der Waals surface area contributed by atoms with Crippen molar-refractivity contribution in [1.82, 2.24) is 9.97 Å². The topological polar surface area (TPSA) is 109 Å². The molecule has 0 aliphatic carbocycles. The summed E-state index contributed by atoms with van der Waals surface area (Å²) in [4.78, 5) is 30.7. The van der Waals surface area contributed by atoms with E-state index in [2.05, 4.69) is 9.97 Å². The van der Waals surface area contributed by atoms with E-state index in [4.69, 9.17) is 10.8 Å². The predicted octanol–water partition coefficient (Wildman–Crippen LogP) is 0.0156. The fourth-order valence-electron chi connectivity index (χ4n) is 2.09. The number of hydrogen-bond acceptors (Lipinski definition) is 5. The minimum atomic E-state index is -0.957. The van der Waals surface area contributed by atoms with Crippen LogP contribution in [-0.4, -0.2) is 40.0 Å². The number of primary amides is 1. The Kier molecular flexibility index (Phi) is 3.59. The van der Waals surface area contributed by atoms with Crippen molar-refractivity contribution >= 4 is 17.7 Å². The van der Waals surface area contributed by atoms with Gasteiger partial charge >= 0.3 is 5.97 Å². The van der Waals surface area contributed by atoms with Gasteiger partial charge in [0.05, 0.1) is 5.92 Å².